The zero-order valence-corrected chi connectivity index (χ0v) is 15.8. The molecule has 2 aliphatic rings. The summed E-state index contributed by atoms with van der Waals surface area (Å²) in [5.74, 6) is 0. The molecular formula is C15H32O15. The first-order valence-corrected chi connectivity index (χ1v) is 8.83. The van der Waals surface area contributed by atoms with Gasteiger partial charge in [0.25, 0.3) is 0 Å². The first kappa shape index (κ1) is 29.4. The van der Waals surface area contributed by atoms with Crippen LogP contribution >= 0.6 is 0 Å². The average Bonchev–Trinajstić information content (AvgIpc) is 3.01. The maximum atomic E-state index is 9.12. The van der Waals surface area contributed by atoms with Crippen molar-refractivity contribution in [1.82, 2.24) is 0 Å². The van der Waals surface area contributed by atoms with Crippen molar-refractivity contribution in [1.29, 1.82) is 0 Å². The highest BCUT2D eigenvalue weighted by Gasteiger charge is 2.45. The molecule has 0 aromatic carbocycles. The molecule has 0 aromatic heterocycles. The van der Waals surface area contributed by atoms with Crippen LogP contribution in [0.4, 0.5) is 0 Å². The third-order valence-corrected chi connectivity index (χ3v) is 4.13. The lowest BCUT2D eigenvalue weighted by molar-refractivity contribution is -0.286. The molecule has 15 heteroatoms. The van der Waals surface area contributed by atoms with Gasteiger partial charge in [0.1, 0.15) is 54.9 Å². The first-order chi connectivity index (χ1) is 14.0. The van der Waals surface area contributed by atoms with Crippen LogP contribution in [0.5, 0.6) is 0 Å². The Kier molecular flexibility index (Phi) is 14.2. The van der Waals surface area contributed by atoms with E-state index in [1.807, 2.05) is 0 Å². The fraction of sp³-hybridized carbons (Fsp3) is 1.00. The van der Waals surface area contributed by atoms with Gasteiger partial charge < -0.3 is 75.9 Å². The van der Waals surface area contributed by atoms with E-state index in [1.165, 1.54) is 0 Å². The summed E-state index contributed by atoms with van der Waals surface area (Å²) in [4.78, 5) is 0. The molecule has 0 aromatic rings. The average molecular weight is 452 g/mol. The van der Waals surface area contributed by atoms with Crippen LogP contribution in [0.3, 0.4) is 0 Å². The Morgan fingerprint density at radius 2 is 1.03 bits per heavy atom. The summed E-state index contributed by atoms with van der Waals surface area (Å²) in [5, 5.41) is 113. The zero-order chi connectivity index (χ0) is 23.6. The Balaban J connectivity index is 0.000000447. The Labute approximate surface area is 170 Å². The van der Waals surface area contributed by atoms with E-state index in [0.717, 1.165) is 0 Å². The highest BCUT2D eigenvalue weighted by atomic mass is 16.7. The van der Waals surface area contributed by atoms with Gasteiger partial charge in [-0.05, 0) is 0 Å². The van der Waals surface area contributed by atoms with Gasteiger partial charge in [-0.25, -0.2) is 0 Å². The van der Waals surface area contributed by atoms with Gasteiger partial charge in [0, 0.05) is 0 Å². The van der Waals surface area contributed by atoms with Crippen molar-refractivity contribution in [2.24, 2.45) is 0 Å². The second kappa shape index (κ2) is 14.5. The van der Waals surface area contributed by atoms with Gasteiger partial charge in [-0.2, -0.15) is 0 Å². The van der Waals surface area contributed by atoms with Gasteiger partial charge >= 0.3 is 0 Å². The summed E-state index contributed by atoms with van der Waals surface area (Å²) in [6.07, 6.45) is -14.7. The summed E-state index contributed by atoms with van der Waals surface area (Å²) in [7, 11) is 0. The summed E-state index contributed by atoms with van der Waals surface area (Å²) in [6.45, 7) is -1.85. The summed E-state index contributed by atoms with van der Waals surface area (Å²) in [5.41, 5.74) is 0. The molecule has 13 N–H and O–H groups in total. The third kappa shape index (κ3) is 8.50. The first-order valence-electron chi connectivity index (χ1n) is 8.83. The SMILES string of the molecule is OCC(O)CO.OCC(O)[C@H]1OC(O)[C@H](O)[C@@H]1O.OC[C@H]1OC(O)[C@H](O)[C@@H](O)[C@@H]1O. The summed E-state index contributed by atoms with van der Waals surface area (Å²) < 4.78 is 9.16. The highest BCUT2D eigenvalue weighted by molar-refractivity contribution is 4.90. The second-order valence-corrected chi connectivity index (χ2v) is 6.46. The van der Waals surface area contributed by atoms with E-state index in [2.05, 4.69) is 9.47 Å². The molecule has 2 heterocycles. The quantitative estimate of drug-likeness (QED) is 0.184. The number of ether oxygens (including phenoxy) is 2. The molecule has 2 aliphatic heterocycles. The lowest BCUT2D eigenvalue weighted by atomic mass is 10.00. The molecular weight excluding hydrogens is 420 g/mol. The standard InChI is InChI=1S/2C6H12O6.C3H8O3/c7-1-2(8)5-3(9)4(10)6(11)12-5;7-1-2-3(8)4(9)5(10)6(11)12-2;4-1-3(6)2-5/h2*2-11H,1H2;3-6H,1-2H2/t2?,3-,4+,5+,6?;2-,3-,4+,5-,6?;/m01./s1. The van der Waals surface area contributed by atoms with Crippen LogP contribution in [0.25, 0.3) is 0 Å². The molecule has 2 fully saturated rings. The predicted molar refractivity (Wildman–Crippen MR) is 92.2 cm³/mol. The van der Waals surface area contributed by atoms with E-state index in [1.54, 1.807) is 0 Å². The van der Waals surface area contributed by atoms with E-state index in [0.29, 0.717) is 0 Å². The van der Waals surface area contributed by atoms with Gasteiger partial charge in [-0.3, -0.25) is 0 Å². The van der Waals surface area contributed by atoms with Crippen molar-refractivity contribution in [2.75, 3.05) is 26.4 Å². The number of hydrogen-bond acceptors (Lipinski definition) is 15. The van der Waals surface area contributed by atoms with Crippen molar-refractivity contribution in [3.8, 4) is 0 Å². The molecule has 0 saturated carbocycles. The molecule has 0 radical (unpaired) electrons. The van der Waals surface area contributed by atoms with Gasteiger partial charge in [0.05, 0.1) is 26.4 Å². The van der Waals surface area contributed by atoms with Gasteiger partial charge in [-0.1, -0.05) is 0 Å². The zero-order valence-electron chi connectivity index (χ0n) is 15.8. The summed E-state index contributed by atoms with van der Waals surface area (Å²) >= 11 is 0. The van der Waals surface area contributed by atoms with Crippen molar-refractivity contribution in [3.05, 3.63) is 0 Å². The van der Waals surface area contributed by atoms with Crippen LogP contribution in [0.2, 0.25) is 0 Å². The van der Waals surface area contributed by atoms with Crippen LogP contribution < -0.4 is 0 Å². The Morgan fingerprint density at radius 3 is 1.37 bits per heavy atom. The second-order valence-electron chi connectivity index (χ2n) is 6.46. The van der Waals surface area contributed by atoms with Crippen LogP contribution in [-0.2, 0) is 9.47 Å². The Bertz CT molecular complexity index is 434. The van der Waals surface area contributed by atoms with Crippen LogP contribution in [-0.4, -0.2) is 160 Å². The van der Waals surface area contributed by atoms with Crippen LogP contribution in [0.1, 0.15) is 0 Å². The van der Waals surface area contributed by atoms with Crippen LogP contribution in [0.15, 0.2) is 0 Å². The van der Waals surface area contributed by atoms with Crippen molar-refractivity contribution >= 4 is 0 Å². The van der Waals surface area contributed by atoms with Gasteiger partial charge in [0.2, 0.25) is 0 Å². The fourth-order valence-electron chi connectivity index (χ4n) is 2.25. The molecule has 0 aliphatic carbocycles. The largest absolute Gasteiger partial charge is 0.394 e. The van der Waals surface area contributed by atoms with Crippen molar-refractivity contribution in [3.63, 3.8) is 0 Å². The van der Waals surface area contributed by atoms with E-state index in [4.69, 9.17) is 66.4 Å². The number of hydrogen-bond donors (Lipinski definition) is 13. The minimum atomic E-state index is -1.57. The monoisotopic (exact) mass is 452 g/mol. The van der Waals surface area contributed by atoms with E-state index >= 15 is 0 Å². The lowest BCUT2D eigenvalue weighted by Gasteiger charge is -2.37. The predicted octanol–water partition coefficient (Wildman–Crippen LogP) is -8.11. The molecule has 10 atom stereocenters. The number of aliphatic hydroxyl groups is 13. The molecule has 2 rings (SSSR count). The van der Waals surface area contributed by atoms with E-state index in [9.17, 15) is 0 Å². The Hall–Kier alpha value is -0.600. The minimum absolute atomic E-state index is 0.365. The number of rotatable bonds is 5. The smallest absolute Gasteiger partial charge is 0.184 e. The fourth-order valence-corrected chi connectivity index (χ4v) is 2.25. The van der Waals surface area contributed by atoms with Gasteiger partial charge in [-0.15, -0.1) is 0 Å². The van der Waals surface area contributed by atoms with E-state index in [-0.39, 0.29) is 13.2 Å². The maximum absolute atomic E-state index is 9.12. The Morgan fingerprint density at radius 1 is 0.567 bits per heavy atom. The van der Waals surface area contributed by atoms with Crippen molar-refractivity contribution in [2.45, 2.75) is 67.5 Å². The van der Waals surface area contributed by atoms with Crippen molar-refractivity contribution < 1.29 is 75.9 Å². The molecule has 0 amide bonds. The minimum Gasteiger partial charge on any atom is -0.394 e. The molecule has 182 valence electrons. The summed E-state index contributed by atoms with van der Waals surface area (Å²) in [6, 6.07) is 0. The molecule has 2 saturated heterocycles. The van der Waals surface area contributed by atoms with Crippen LogP contribution in [0, 0.1) is 0 Å². The normalized spacial score (nSPS) is 39.6. The molecule has 3 unspecified atom stereocenters. The number of aliphatic hydroxyl groups excluding tert-OH is 13. The topological polar surface area (TPSA) is 281 Å². The maximum Gasteiger partial charge on any atom is 0.184 e. The van der Waals surface area contributed by atoms with E-state index < -0.39 is 80.7 Å². The van der Waals surface area contributed by atoms with Gasteiger partial charge in [0.15, 0.2) is 12.6 Å². The molecule has 0 bridgehead atoms. The molecule has 30 heavy (non-hydrogen) atoms. The lowest BCUT2D eigenvalue weighted by Crippen LogP contribution is -2.58. The third-order valence-electron chi connectivity index (χ3n) is 4.13. The molecule has 15 nitrogen and oxygen atoms in total. The highest BCUT2D eigenvalue weighted by Crippen LogP contribution is 2.22. The molecule has 0 spiro atoms.